The number of piperidine rings is 2. The Morgan fingerprint density at radius 3 is 1.32 bits per heavy atom. The molecule has 0 radical (unpaired) electrons. The lowest BCUT2D eigenvalue weighted by molar-refractivity contribution is -0.138. The molecule has 6 saturated heterocycles. The molecule has 46 heteroatoms. The molecule has 0 spiro atoms. The molecule has 8 aromatic rings. The molecule has 0 aliphatic carbocycles. The van der Waals surface area contributed by atoms with E-state index in [0.29, 0.717) is 150 Å². The van der Waals surface area contributed by atoms with Crippen molar-refractivity contribution in [2.45, 2.75) is 141 Å². The Hall–Kier alpha value is -14.9. The molecule has 4 aromatic carbocycles. The van der Waals surface area contributed by atoms with Crippen LogP contribution in [-0.4, -0.2) is 302 Å². The van der Waals surface area contributed by atoms with Crippen molar-refractivity contribution in [3.05, 3.63) is 227 Å². The van der Waals surface area contributed by atoms with Gasteiger partial charge in [-0.2, -0.15) is 26.3 Å². The number of halogens is 8. The zero-order chi connectivity index (χ0) is 103. The molecule has 9 N–H and O–H groups in total. The van der Waals surface area contributed by atoms with Crippen LogP contribution < -0.4 is 62.6 Å². The molecule has 6 atom stereocenters. The number of aryl methyl sites for hydroxylation is 1. The van der Waals surface area contributed by atoms with Crippen LogP contribution in [0.2, 0.25) is 0 Å². The van der Waals surface area contributed by atoms with Crippen LogP contribution in [-0.2, 0) is 60.6 Å². The maximum Gasteiger partial charge on any atom is 0.417 e. The predicted octanol–water partition coefficient (Wildman–Crippen LogP) is 7.46. The largest absolute Gasteiger partial charge is 0.480 e. The summed E-state index contributed by atoms with van der Waals surface area (Å²) in [6.07, 6.45) is 3.76. The zero-order valence-electron chi connectivity index (χ0n) is 80.0. The lowest BCUT2D eigenvalue weighted by atomic mass is 9.97. The molecule has 38 nitrogen and oxygen atoms in total. The van der Waals surface area contributed by atoms with Crippen LogP contribution in [0.15, 0.2) is 132 Å². The summed E-state index contributed by atoms with van der Waals surface area (Å²) in [6.45, 7) is 18.7. The molecule has 4 aromatic heterocycles. The minimum absolute atomic E-state index is 0.0162. The number of anilines is 7. The van der Waals surface area contributed by atoms with Gasteiger partial charge in [0.05, 0.1) is 67.3 Å². The molecule has 11 amide bonds. The number of nitrogens with one attached hydrogen (secondary N) is 8. The Morgan fingerprint density at radius 2 is 0.903 bits per heavy atom. The number of rotatable bonds is 22. The minimum atomic E-state index is -4.98. The Morgan fingerprint density at radius 1 is 0.483 bits per heavy atom. The first-order valence-electron chi connectivity index (χ1n) is 47.5. The molecule has 2 unspecified atom stereocenters. The van der Waals surface area contributed by atoms with Gasteiger partial charge in [-0.05, 0) is 133 Å². The van der Waals surface area contributed by atoms with Crippen molar-refractivity contribution in [2.24, 2.45) is 0 Å². The molecule has 14 heterocycles. The number of H-pyrrole nitrogens is 2. The fourth-order valence-electron chi connectivity index (χ4n) is 19.7. The summed E-state index contributed by atoms with van der Waals surface area (Å²) in [5.41, 5.74) is -0.361. The Kier molecular flexibility index (Phi) is 30.8. The number of hydrogen-bond donors (Lipinski definition) is 9. The van der Waals surface area contributed by atoms with Gasteiger partial charge in [0.1, 0.15) is 30.3 Å². The highest BCUT2D eigenvalue weighted by molar-refractivity contribution is 6.26. The second-order valence-electron chi connectivity index (χ2n) is 37.4. The van der Waals surface area contributed by atoms with Gasteiger partial charge >= 0.3 is 18.3 Å². The van der Waals surface area contributed by atoms with Gasteiger partial charge in [0, 0.05) is 238 Å². The molecule has 6 fully saturated rings. The number of carboxylic acids is 1. The molecule has 145 heavy (non-hydrogen) atoms. The fraction of sp³-hybridized carbons (Fsp3) is 0.414. The highest BCUT2D eigenvalue weighted by atomic mass is 19.4. The SMILES string of the molecule is C[C@@H]1CN(c2cc(F)c(C3=CCN(c4ncc(CN5CCN(C(=O)CCc6cccc7c6C(=O)N(C6CCC(=O)NC6=O)C7=O)CC5)cn4)CC3)cc2NC(=O)c2c[nH]c(=O)cc2C(F)(F)F)C[C@H](C)N1C.C[C@@H]1CN(c2cc(F)c(C3=CCN(c4ncc(CN5CCNCC5)cn4)CC3)cc2NC(=O)c2c[nH]c(=O)cc2C(F)(F)F)C[C@H](C)N1C.O=C(O)CNc1cccc2c1C(=O)N(C1CCC(=O)NC1=O)C2=O. The molecule has 10 aliphatic rings. The van der Waals surface area contributed by atoms with Crippen molar-refractivity contribution in [3.63, 3.8) is 0 Å². The van der Waals surface area contributed by atoms with Crippen LogP contribution in [0.1, 0.15) is 174 Å². The second kappa shape index (κ2) is 43.3. The zero-order valence-corrected chi connectivity index (χ0v) is 80.0. The van der Waals surface area contributed by atoms with Gasteiger partial charge in [-0.3, -0.25) is 107 Å². The Bertz CT molecular complexity index is 6600. The number of nitrogens with zero attached hydrogens (tertiary/aromatic N) is 15. The molecule has 0 bridgehead atoms. The standard InChI is InChI=1S/C50H53F4N11O7.C34H41F4N9O2.C15H13N3O6/c1-28-25-64(26-29(2)60(28)3)40-21-37(51)34(19-38(40)58-45(69)35-24-55-42(67)20-36(35)50(52,53)54)31-11-13-63(14-12-31)49-56-22-30(23-57-49)27-61-15-17-62(18-16-61)43(68)10-7-32-5-4-6-33-44(32)48(72)65(47(33)71)39-8-9-41(66)59-46(39)70;1-21-18-47(19-22(2)44(21)3)30-14-28(35)25(12-29(30)43-32(49)26-17-40-31(48)13-27(26)34(36,37)38)24-4-8-46(9-5-24)33-41-15-23(16-42-33)20-45-10-6-39-7-11-45;19-10-5-4-9(13(22)17-10)18-14(23)7-2-1-3-8(12(7)15(18)24)16-6-11(20)21/h4-6,11,19-24,28-29,39H,7-10,12-18,25-27H2,1-3H3,(H,55,67)(H,58,69)(H,59,66,70);4,12-17,21-22,39H,5-11,18-20H2,1-3H3,(H,40,48)(H,43,49);1-3,9,16H,4-6H2,(H,20,21)(H,17,19,22)/t28-,29+,39?;21-,22+;. The van der Waals surface area contributed by atoms with Crippen LogP contribution in [0.25, 0.3) is 11.1 Å². The summed E-state index contributed by atoms with van der Waals surface area (Å²) < 4.78 is 116. The van der Waals surface area contributed by atoms with Gasteiger partial charge in [0.15, 0.2) is 0 Å². The van der Waals surface area contributed by atoms with E-state index in [1.165, 1.54) is 48.5 Å². The fourth-order valence-corrected chi connectivity index (χ4v) is 19.7. The highest BCUT2D eigenvalue weighted by Crippen LogP contribution is 2.43. The normalized spacial score (nSPS) is 21.0. The van der Waals surface area contributed by atoms with Crippen molar-refractivity contribution >= 4 is 122 Å². The van der Waals surface area contributed by atoms with E-state index in [4.69, 9.17) is 5.11 Å². The second-order valence-corrected chi connectivity index (χ2v) is 37.4. The van der Waals surface area contributed by atoms with Gasteiger partial charge in [-0.1, -0.05) is 30.4 Å². The Labute approximate surface area is 825 Å². The molecular formula is C99H107F8N23O15. The predicted molar refractivity (Wildman–Crippen MR) is 515 cm³/mol. The molecule has 0 saturated carbocycles. The summed E-state index contributed by atoms with van der Waals surface area (Å²) >= 11 is 0. The van der Waals surface area contributed by atoms with Crippen LogP contribution >= 0.6 is 0 Å². The average molecular weight is 2010 g/mol. The summed E-state index contributed by atoms with van der Waals surface area (Å²) in [6, 6.07) is 13.8. The smallest absolute Gasteiger partial charge is 0.417 e. The van der Waals surface area contributed by atoms with Gasteiger partial charge in [0.25, 0.3) is 35.4 Å². The summed E-state index contributed by atoms with van der Waals surface area (Å²) in [5, 5.41) is 24.2. The maximum absolute atomic E-state index is 16.2. The van der Waals surface area contributed by atoms with Crippen LogP contribution in [0, 0.1) is 11.6 Å². The average Bonchev–Trinajstić information content (AvgIpc) is 1.60. The van der Waals surface area contributed by atoms with Gasteiger partial charge in [0.2, 0.25) is 52.6 Å². The first-order valence-corrected chi connectivity index (χ1v) is 47.5. The van der Waals surface area contributed by atoms with Crippen LogP contribution in [0.5, 0.6) is 0 Å². The number of pyridine rings is 2. The van der Waals surface area contributed by atoms with Crippen molar-refractivity contribution in [1.82, 2.24) is 80.2 Å². The van der Waals surface area contributed by atoms with E-state index in [2.05, 4.69) is 81.4 Å². The van der Waals surface area contributed by atoms with Gasteiger partial charge < -0.3 is 60.8 Å². The lowest BCUT2D eigenvalue weighted by Gasteiger charge is -2.44. The molecule has 10 aliphatic heterocycles. The molecular weight excluding hydrogens is 1900 g/mol. The van der Waals surface area contributed by atoms with E-state index in [0.717, 1.165) is 66.0 Å². The summed E-state index contributed by atoms with van der Waals surface area (Å²) in [4.78, 5) is 217. The van der Waals surface area contributed by atoms with Crippen molar-refractivity contribution < 1.29 is 97.8 Å². The number of aromatic amines is 2. The number of fused-ring (bicyclic) bond motifs is 2. The summed E-state index contributed by atoms with van der Waals surface area (Å²) in [5.74, 6) is -8.22. The van der Waals surface area contributed by atoms with E-state index in [-0.39, 0.29) is 119 Å². The number of piperazine rings is 4. The number of aliphatic carboxylic acids is 1. The van der Waals surface area contributed by atoms with Crippen LogP contribution in [0.3, 0.4) is 0 Å². The van der Waals surface area contributed by atoms with Gasteiger partial charge in [-0.15, -0.1) is 0 Å². The number of amides is 11. The number of aromatic nitrogens is 6. The van der Waals surface area contributed by atoms with Crippen LogP contribution in [0.4, 0.5) is 75.5 Å². The van der Waals surface area contributed by atoms with Crippen molar-refractivity contribution in [2.75, 3.05) is 161 Å². The molecule has 764 valence electrons. The number of carbonyl (C=O) groups excluding carboxylic acids is 11. The number of benzene rings is 4. The van der Waals surface area contributed by atoms with Crippen molar-refractivity contribution in [1.29, 1.82) is 0 Å². The first-order chi connectivity index (χ1) is 69.1. The van der Waals surface area contributed by atoms with E-state index in [9.17, 15) is 93.5 Å². The van der Waals surface area contributed by atoms with Crippen molar-refractivity contribution in [3.8, 4) is 0 Å². The number of imide groups is 4. The quantitative estimate of drug-likeness (QED) is 0.0235. The van der Waals surface area contributed by atoms with E-state index < -0.39 is 141 Å². The Balaban J connectivity index is 0.000000176. The maximum atomic E-state index is 16.2. The van der Waals surface area contributed by atoms with E-state index in [1.807, 2.05) is 85.9 Å². The summed E-state index contributed by atoms with van der Waals surface area (Å²) in [7, 11) is 3.98. The molecule has 18 rings (SSSR count). The number of carbonyl (C=O) groups is 12. The highest BCUT2D eigenvalue weighted by Gasteiger charge is 2.49. The number of alkyl halides is 6. The number of carboxylic acid groups (broad SMARTS) is 1. The number of likely N-dealkylation sites (N-methyl/N-ethyl adjacent to an activating group) is 2. The van der Waals surface area contributed by atoms with Gasteiger partial charge in [-0.25, -0.2) is 28.7 Å². The topological polar surface area (TPSA) is 450 Å². The third-order valence-electron chi connectivity index (χ3n) is 27.9. The third-order valence-corrected chi connectivity index (χ3v) is 27.9. The number of hydrogen-bond acceptors (Lipinski definition) is 28. The first kappa shape index (κ1) is 103. The third kappa shape index (κ3) is 23.0. The lowest BCUT2D eigenvalue weighted by Crippen LogP contribution is -2.55. The van der Waals surface area contributed by atoms with E-state index in [1.54, 1.807) is 29.4 Å². The van der Waals surface area contributed by atoms with E-state index >= 15 is 8.78 Å². The minimum Gasteiger partial charge on any atom is -0.480 e. The monoisotopic (exact) mass is 2010 g/mol.